The number of likely N-dealkylation sites (tertiary alicyclic amines) is 1. The Labute approximate surface area is 58.0 Å². The van der Waals surface area contributed by atoms with Gasteiger partial charge in [0.05, 0.1) is 0 Å². The van der Waals surface area contributed by atoms with Crippen LogP contribution in [0.15, 0.2) is 0 Å². The smallest absolute Gasteiger partial charge is 0.242 e. The van der Waals surface area contributed by atoms with Gasteiger partial charge in [-0.2, -0.15) is 10.2 Å². The van der Waals surface area contributed by atoms with Crippen molar-refractivity contribution in [3.05, 3.63) is 0 Å². The summed E-state index contributed by atoms with van der Waals surface area (Å²) in [6.45, 7) is 0. The number of carbonyl (C=O) groups is 2. The molecule has 0 atom stereocenters. The zero-order valence-electron chi connectivity index (χ0n) is 5.33. The van der Waals surface area contributed by atoms with Gasteiger partial charge < -0.3 is 0 Å². The lowest BCUT2D eigenvalue weighted by atomic mass is 10.1. The number of carbonyl (C=O) groups excluding carboxylic acids is 2. The van der Waals surface area contributed by atoms with E-state index in [1.807, 2.05) is 0 Å². The van der Waals surface area contributed by atoms with Crippen LogP contribution in [-0.4, -0.2) is 16.7 Å². The minimum Gasteiger partial charge on any atom is -0.273 e. The first-order valence-corrected chi connectivity index (χ1v) is 3.01. The van der Waals surface area contributed by atoms with Gasteiger partial charge >= 0.3 is 0 Å². The number of piperidine rings is 1. The van der Waals surface area contributed by atoms with E-state index in [0.717, 1.165) is 0 Å². The van der Waals surface area contributed by atoms with Crippen LogP contribution in [0.5, 0.6) is 0 Å². The van der Waals surface area contributed by atoms with Crippen LogP contribution < -0.4 is 0 Å². The minimum absolute atomic E-state index is 0.319. The van der Waals surface area contributed by atoms with Gasteiger partial charge in [0, 0.05) is 12.8 Å². The van der Waals surface area contributed by atoms with Gasteiger partial charge in [0.2, 0.25) is 11.8 Å². The molecular formula is C6H6N2O2. The largest absolute Gasteiger partial charge is 0.273 e. The predicted octanol–water partition coefficient (Wildman–Crippen LogP) is 0.00658. The number of hydrogen-bond acceptors (Lipinski definition) is 3. The SMILES string of the molecule is N#CN1C(=O)CCCC1=O. The summed E-state index contributed by atoms with van der Waals surface area (Å²) in [5.41, 5.74) is 0. The number of nitriles is 1. The van der Waals surface area contributed by atoms with Crippen LogP contribution >= 0.6 is 0 Å². The Morgan fingerprint density at radius 1 is 1.30 bits per heavy atom. The fraction of sp³-hybridized carbons (Fsp3) is 0.500. The molecule has 2 amide bonds. The summed E-state index contributed by atoms with van der Waals surface area (Å²) in [7, 11) is 0. The van der Waals surface area contributed by atoms with Crippen molar-refractivity contribution in [1.82, 2.24) is 4.90 Å². The van der Waals surface area contributed by atoms with Gasteiger partial charge in [-0.15, -0.1) is 0 Å². The number of imide groups is 1. The third kappa shape index (κ3) is 0.982. The van der Waals surface area contributed by atoms with Gasteiger partial charge in [-0.3, -0.25) is 9.59 Å². The molecule has 0 aliphatic carbocycles. The van der Waals surface area contributed by atoms with Gasteiger partial charge in [-0.1, -0.05) is 0 Å². The molecule has 0 saturated carbocycles. The van der Waals surface area contributed by atoms with E-state index in [2.05, 4.69) is 0 Å². The molecule has 1 rings (SSSR count). The molecule has 10 heavy (non-hydrogen) atoms. The van der Waals surface area contributed by atoms with Crippen LogP contribution in [0.1, 0.15) is 19.3 Å². The van der Waals surface area contributed by atoms with Crippen molar-refractivity contribution in [2.75, 3.05) is 0 Å². The molecule has 0 spiro atoms. The van der Waals surface area contributed by atoms with E-state index >= 15 is 0 Å². The van der Waals surface area contributed by atoms with Crippen molar-refractivity contribution in [1.29, 1.82) is 5.26 Å². The molecular weight excluding hydrogens is 132 g/mol. The Morgan fingerprint density at radius 3 is 2.10 bits per heavy atom. The zero-order chi connectivity index (χ0) is 7.56. The molecule has 1 heterocycles. The third-order valence-electron chi connectivity index (χ3n) is 1.38. The predicted molar refractivity (Wildman–Crippen MR) is 31.3 cm³/mol. The summed E-state index contributed by atoms with van der Waals surface area (Å²) in [5.74, 6) is -0.752. The molecule has 52 valence electrons. The standard InChI is InChI=1S/C6H6N2O2/c7-4-8-5(9)2-1-3-6(8)10/h1-3H2. The summed E-state index contributed by atoms with van der Waals surface area (Å²) in [5, 5.41) is 8.27. The third-order valence-corrected chi connectivity index (χ3v) is 1.38. The molecule has 0 aromatic rings. The Morgan fingerprint density at radius 2 is 1.80 bits per heavy atom. The van der Waals surface area contributed by atoms with Crippen LogP contribution in [0, 0.1) is 11.5 Å². The quantitative estimate of drug-likeness (QED) is 0.350. The van der Waals surface area contributed by atoms with Crippen molar-refractivity contribution >= 4 is 11.8 Å². The van der Waals surface area contributed by atoms with Crippen molar-refractivity contribution in [3.63, 3.8) is 0 Å². The fourth-order valence-electron chi connectivity index (χ4n) is 0.865. The lowest BCUT2D eigenvalue weighted by Gasteiger charge is -2.15. The molecule has 0 aromatic heterocycles. The topological polar surface area (TPSA) is 61.2 Å². The Balaban J connectivity index is 2.74. The average Bonchev–Trinajstić information content (AvgIpc) is 1.88. The van der Waals surface area contributed by atoms with Crippen molar-refractivity contribution in [2.24, 2.45) is 0 Å². The summed E-state index contributed by atoms with van der Waals surface area (Å²) < 4.78 is 0. The van der Waals surface area contributed by atoms with Crippen LogP contribution in [0.25, 0.3) is 0 Å². The van der Waals surface area contributed by atoms with Gasteiger partial charge in [-0.05, 0) is 6.42 Å². The van der Waals surface area contributed by atoms with E-state index in [1.54, 1.807) is 0 Å². The van der Waals surface area contributed by atoms with Crippen LogP contribution in [0.3, 0.4) is 0 Å². The second kappa shape index (κ2) is 2.48. The van der Waals surface area contributed by atoms with Crippen LogP contribution in [0.4, 0.5) is 0 Å². The fourth-order valence-corrected chi connectivity index (χ4v) is 0.865. The minimum atomic E-state index is -0.376. The first-order valence-electron chi connectivity index (χ1n) is 3.01. The highest BCUT2D eigenvalue weighted by Crippen LogP contribution is 2.10. The van der Waals surface area contributed by atoms with E-state index in [1.165, 1.54) is 6.19 Å². The Bertz CT molecular complexity index is 200. The summed E-state index contributed by atoms with van der Waals surface area (Å²) in [4.78, 5) is 22.1. The lowest BCUT2D eigenvalue weighted by molar-refractivity contribution is -0.143. The summed E-state index contributed by atoms with van der Waals surface area (Å²) in [6, 6.07) is 0. The Kier molecular flexibility index (Phi) is 1.67. The molecule has 1 aliphatic heterocycles. The molecule has 0 bridgehead atoms. The van der Waals surface area contributed by atoms with E-state index in [4.69, 9.17) is 5.26 Å². The van der Waals surface area contributed by atoms with E-state index in [9.17, 15) is 9.59 Å². The maximum absolute atomic E-state index is 10.7. The first-order chi connectivity index (χ1) is 4.75. The molecule has 1 aliphatic rings. The molecule has 4 nitrogen and oxygen atoms in total. The zero-order valence-corrected chi connectivity index (χ0v) is 5.33. The highest BCUT2D eigenvalue weighted by Gasteiger charge is 2.25. The highest BCUT2D eigenvalue weighted by molar-refractivity contribution is 5.99. The number of nitrogens with zero attached hydrogens (tertiary/aromatic N) is 2. The van der Waals surface area contributed by atoms with Crippen LogP contribution in [0.2, 0.25) is 0 Å². The number of rotatable bonds is 0. The van der Waals surface area contributed by atoms with Gasteiger partial charge in [0.15, 0.2) is 6.19 Å². The summed E-state index contributed by atoms with van der Waals surface area (Å²) in [6.07, 6.45) is 2.75. The van der Waals surface area contributed by atoms with Gasteiger partial charge in [0.1, 0.15) is 0 Å². The van der Waals surface area contributed by atoms with Gasteiger partial charge in [0.25, 0.3) is 0 Å². The van der Waals surface area contributed by atoms with Gasteiger partial charge in [-0.25, -0.2) is 0 Å². The number of hydrogen-bond donors (Lipinski definition) is 0. The molecule has 1 fully saturated rings. The first kappa shape index (κ1) is 6.75. The number of amides is 2. The maximum atomic E-state index is 10.7. The van der Waals surface area contributed by atoms with E-state index in [0.29, 0.717) is 24.2 Å². The lowest BCUT2D eigenvalue weighted by Crippen LogP contribution is -2.35. The monoisotopic (exact) mass is 138 g/mol. The second-order valence-corrected chi connectivity index (χ2v) is 2.08. The molecule has 0 unspecified atom stereocenters. The van der Waals surface area contributed by atoms with Crippen molar-refractivity contribution < 1.29 is 9.59 Å². The molecule has 1 saturated heterocycles. The maximum Gasteiger partial charge on any atom is 0.242 e. The van der Waals surface area contributed by atoms with Crippen molar-refractivity contribution in [2.45, 2.75) is 19.3 Å². The Hall–Kier alpha value is -1.37. The van der Waals surface area contributed by atoms with Crippen molar-refractivity contribution in [3.8, 4) is 6.19 Å². The normalized spacial score (nSPS) is 18.9. The summed E-state index contributed by atoms with van der Waals surface area (Å²) >= 11 is 0. The highest BCUT2D eigenvalue weighted by atomic mass is 16.2. The van der Waals surface area contributed by atoms with E-state index in [-0.39, 0.29) is 11.8 Å². The molecule has 0 aromatic carbocycles. The second-order valence-electron chi connectivity index (χ2n) is 2.08. The average molecular weight is 138 g/mol. The molecule has 0 radical (unpaired) electrons. The van der Waals surface area contributed by atoms with E-state index < -0.39 is 0 Å². The molecule has 0 N–H and O–H groups in total. The molecule has 4 heteroatoms. The van der Waals surface area contributed by atoms with Crippen LogP contribution in [-0.2, 0) is 9.59 Å².